The molecular formula is C35H25BN2O2. The minimum atomic E-state index is -1.55. The van der Waals surface area contributed by atoms with Crippen molar-refractivity contribution >= 4 is 34.4 Å². The van der Waals surface area contributed by atoms with Crippen molar-refractivity contribution < 1.29 is 10.0 Å². The van der Waals surface area contributed by atoms with Gasteiger partial charge in [0.2, 0.25) is 0 Å². The number of rotatable bonds is 5. The number of aromatic nitrogens is 2. The first-order chi connectivity index (χ1) is 19.7. The van der Waals surface area contributed by atoms with E-state index in [1.165, 1.54) is 0 Å². The second-order valence-corrected chi connectivity index (χ2v) is 9.87. The summed E-state index contributed by atoms with van der Waals surface area (Å²) in [5.74, 6) is 0. The highest BCUT2D eigenvalue weighted by molar-refractivity contribution is 6.63. The lowest BCUT2D eigenvalue weighted by Crippen LogP contribution is -2.30. The molecule has 2 aromatic heterocycles. The molecule has 0 aliphatic carbocycles. The van der Waals surface area contributed by atoms with Crippen LogP contribution in [0.4, 0.5) is 0 Å². The van der Waals surface area contributed by atoms with Crippen LogP contribution in [0.5, 0.6) is 0 Å². The molecule has 0 radical (unpaired) electrons. The van der Waals surface area contributed by atoms with Crippen LogP contribution in [0.2, 0.25) is 0 Å². The van der Waals surface area contributed by atoms with Crippen LogP contribution in [0.3, 0.4) is 0 Å². The minimum Gasteiger partial charge on any atom is -0.423 e. The number of pyridine rings is 1. The molecule has 0 atom stereocenters. The molecule has 2 heterocycles. The number of benzene rings is 5. The molecule has 5 heteroatoms. The monoisotopic (exact) mass is 516 g/mol. The van der Waals surface area contributed by atoms with Gasteiger partial charge in [0, 0.05) is 27.6 Å². The zero-order valence-corrected chi connectivity index (χ0v) is 21.6. The van der Waals surface area contributed by atoms with Gasteiger partial charge in [0.25, 0.3) is 0 Å². The predicted molar refractivity (Wildman–Crippen MR) is 165 cm³/mol. The molecule has 0 bridgehead atoms. The van der Waals surface area contributed by atoms with Gasteiger partial charge in [-0.1, -0.05) is 103 Å². The van der Waals surface area contributed by atoms with Crippen LogP contribution in [0, 0.1) is 0 Å². The molecule has 0 amide bonds. The average Bonchev–Trinajstić information content (AvgIpc) is 3.36. The van der Waals surface area contributed by atoms with E-state index in [-0.39, 0.29) is 0 Å². The fourth-order valence-electron chi connectivity index (χ4n) is 5.55. The second-order valence-electron chi connectivity index (χ2n) is 9.87. The minimum absolute atomic E-state index is 0.499. The fourth-order valence-corrected chi connectivity index (χ4v) is 5.55. The van der Waals surface area contributed by atoms with Crippen molar-refractivity contribution in [2.45, 2.75) is 0 Å². The first kappa shape index (κ1) is 24.1. The molecule has 0 saturated carbocycles. The first-order valence-electron chi connectivity index (χ1n) is 13.3. The lowest BCUT2D eigenvalue weighted by atomic mass is 9.77. The van der Waals surface area contributed by atoms with Crippen LogP contribution in [0.15, 0.2) is 140 Å². The van der Waals surface area contributed by atoms with Crippen molar-refractivity contribution in [3.63, 3.8) is 0 Å². The summed E-state index contributed by atoms with van der Waals surface area (Å²) in [4.78, 5) is 5.06. The Labute approximate surface area is 232 Å². The predicted octanol–water partition coefficient (Wildman–Crippen LogP) is 6.86. The largest absolute Gasteiger partial charge is 0.489 e. The first-order valence-corrected chi connectivity index (χ1v) is 13.3. The van der Waals surface area contributed by atoms with E-state index in [0.717, 1.165) is 61.1 Å². The van der Waals surface area contributed by atoms with E-state index in [0.29, 0.717) is 5.46 Å². The van der Waals surface area contributed by atoms with Crippen LogP contribution in [-0.2, 0) is 0 Å². The summed E-state index contributed by atoms with van der Waals surface area (Å²) >= 11 is 0. The van der Waals surface area contributed by atoms with E-state index < -0.39 is 7.12 Å². The van der Waals surface area contributed by atoms with Crippen molar-refractivity contribution in [1.29, 1.82) is 0 Å². The summed E-state index contributed by atoms with van der Waals surface area (Å²) in [6, 6.07) is 47.1. The SMILES string of the molecule is OB(O)c1cccc2c1c1ccccc1n2-c1ccc(-c2cc(-c3ccccc3)cc(-c3ccccc3)n2)cc1. The number of hydrogen-bond acceptors (Lipinski definition) is 3. The summed E-state index contributed by atoms with van der Waals surface area (Å²) in [6.07, 6.45) is 0. The van der Waals surface area contributed by atoms with Gasteiger partial charge in [0.1, 0.15) is 0 Å². The van der Waals surface area contributed by atoms with E-state index >= 15 is 0 Å². The summed E-state index contributed by atoms with van der Waals surface area (Å²) in [5.41, 5.74) is 9.61. The molecule has 4 nitrogen and oxygen atoms in total. The molecule has 2 N–H and O–H groups in total. The molecule has 190 valence electrons. The van der Waals surface area contributed by atoms with Crippen molar-refractivity contribution in [1.82, 2.24) is 9.55 Å². The van der Waals surface area contributed by atoms with E-state index in [2.05, 4.69) is 83.4 Å². The van der Waals surface area contributed by atoms with Gasteiger partial charge < -0.3 is 14.6 Å². The highest BCUT2D eigenvalue weighted by Gasteiger charge is 2.20. The third-order valence-corrected chi connectivity index (χ3v) is 7.43. The van der Waals surface area contributed by atoms with Crippen LogP contribution >= 0.6 is 0 Å². The molecule has 7 aromatic rings. The van der Waals surface area contributed by atoms with Gasteiger partial charge in [-0.3, -0.25) is 0 Å². The topological polar surface area (TPSA) is 58.3 Å². The Hall–Kier alpha value is -4.97. The number of para-hydroxylation sites is 1. The highest BCUT2D eigenvalue weighted by atomic mass is 16.4. The van der Waals surface area contributed by atoms with E-state index in [4.69, 9.17) is 4.98 Å². The Morgan fingerprint density at radius 3 is 1.75 bits per heavy atom. The zero-order chi connectivity index (χ0) is 27.1. The Morgan fingerprint density at radius 1 is 0.500 bits per heavy atom. The Kier molecular flexibility index (Phi) is 6.01. The van der Waals surface area contributed by atoms with Gasteiger partial charge in [0.15, 0.2) is 0 Å². The molecular weight excluding hydrogens is 491 g/mol. The van der Waals surface area contributed by atoms with Crippen LogP contribution in [0.25, 0.3) is 61.1 Å². The maximum absolute atomic E-state index is 10.1. The van der Waals surface area contributed by atoms with E-state index in [1.54, 1.807) is 6.07 Å². The van der Waals surface area contributed by atoms with Crippen molar-refractivity contribution in [3.05, 3.63) is 140 Å². The molecule has 0 fully saturated rings. The lowest BCUT2D eigenvalue weighted by molar-refractivity contribution is 0.426. The maximum atomic E-state index is 10.1. The molecule has 0 unspecified atom stereocenters. The highest BCUT2D eigenvalue weighted by Crippen LogP contribution is 2.33. The second kappa shape index (κ2) is 9.97. The Morgan fingerprint density at radius 2 is 1.07 bits per heavy atom. The van der Waals surface area contributed by atoms with Gasteiger partial charge in [-0.25, -0.2) is 4.98 Å². The molecule has 5 aromatic carbocycles. The fraction of sp³-hybridized carbons (Fsp3) is 0. The van der Waals surface area contributed by atoms with Crippen molar-refractivity contribution in [2.24, 2.45) is 0 Å². The van der Waals surface area contributed by atoms with E-state index in [1.807, 2.05) is 54.6 Å². The summed E-state index contributed by atoms with van der Waals surface area (Å²) < 4.78 is 2.17. The van der Waals surface area contributed by atoms with Gasteiger partial charge in [0.05, 0.1) is 22.4 Å². The molecule has 0 aliphatic heterocycles. The maximum Gasteiger partial charge on any atom is 0.489 e. The third kappa shape index (κ3) is 4.18. The van der Waals surface area contributed by atoms with E-state index in [9.17, 15) is 10.0 Å². The average molecular weight is 516 g/mol. The quantitative estimate of drug-likeness (QED) is 0.246. The Balaban J connectivity index is 1.37. The zero-order valence-electron chi connectivity index (χ0n) is 21.6. The standard InChI is InChI=1S/C35H25BN2O2/c39-36(40)30-15-9-17-34-35(30)29-14-7-8-16-33(29)38(34)28-20-18-26(19-21-28)32-23-27(24-10-3-1-4-11-24)22-31(37-32)25-12-5-2-6-13-25/h1-23,39-40H. The third-order valence-electron chi connectivity index (χ3n) is 7.43. The number of hydrogen-bond donors (Lipinski definition) is 2. The summed E-state index contributed by atoms with van der Waals surface area (Å²) in [7, 11) is -1.55. The molecule has 0 aliphatic rings. The Bertz CT molecular complexity index is 1910. The van der Waals surface area contributed by atoms with Crippen molar-refractivity contribution in [2.75, 3.05) is 0 Å². The summed E-state index contributed by atoms with van der Waals surface area (Å²) in [5, 5.41) is 22.0. The van der Waals surface area contributed by atoms with Crippen LogP contribution in [0.1, 0.15) is 0 Å². The van der Waals surface area contributed by atoms with Crippen molar-refractivity contribution in [3.8, 4) is 39.3 Å². The van der Waals surface area contributed by atoms with Gasteiger partial charge >= 0.3 is 7.12 Å². The van der Waals surface area contributed by atoms with Gasteiger partial charge in [-0.2, -0.15) is 0 Å². The molecule has 40 heavy (non-hydrogen) atoms. The number of nitrogens with zero attached hydrogens (tertiary/aromatic N) is 2. The molecule has 0 saturated heterocycles. The normalized spacial score (nSPS) is 11.2. The van der Waals surface area contributed by atoms with Gasteiger partial charge in [-0.15, -0.1) is 0 Å². The van der Waals surface area contributed by atoms with Crippen LogP contribution < -0.4 is 5.46 Å². The summed E-state index contributed by atoms with van der Waals surface area (Å²) in [6.45, 7) is 0. The van der Waals surface area contributed by atoms with Crippen LogP contribution in [-0.4, -0.2) is 26.7 Å². The number of fused-ring (bicyclic) bond motifs is 3. The smallest absolute Gasteiger partial charge is 0.423 e. The lowest BCUT2D eigenvalue weighted by Gasteiger charge is -2.12. The molecule has 0 spiro atoms. The van der Waals surface area contributed by atoms with Gasteiger partial charge in [-0.05, 0) is 53.0 Å². The molecule has 7 rings (SSSR count).